The van der Waals surface area contributed by atoms with Crippen molar-refractivity contribution in [1.29, 1.82) is 0 Å². The van der Waals surface area contributed by atoms with Gasteiger partial charge in [0.25, 0.3) is 5.91 Å². The van der Waals surface area contributed by atoms with Crippen LogP contribution in [0.1, 0.15) is 39.0 Å². The van der Waals surface area contributed by atoms with Crippen LogP contribution >= 0.6 is 0 Å². The number of aromatic nitrogens is 1. The predicted octanol–water partition coefficient (Wildman–Crippen LogP) is 3.69. The first-order valence-corrected chi connectivity index (χ1v) is 11.0. The van der Waals surface area contributed by atoms with Crippen LogP contribution < -0.4 is 14.5 Å². The third-order valence-corrected chi connectivity index (χ3v) is 6.03. The van der Waals surface area contributed by atoms with E-state index in [1.54, 1.807) is 18.2 Å². The molecule has 1 aromatic heterocycles. The van der Waals surface area contributed by atoms with Crippen LogP contribution in [0.3, 0.4) is 0 Å². The molecular weight excluding hydrogens is 406 g/mol. The van der Waals surface area contributed by atoms with E-state index in [0.717, 1.165) is 30.1 Å². The average molecular weight is 436 g/mol. The van der Waals surface area contributed by atoms with E-state index in [0.29, 0.717) is 23.8 Å². The number of carbonyl (C=O) groups excluding carboxylic acids is 2. The van der Waals surface area contributed by atoms with E-state index in [2.05, 4.69) is 28.7 Å². The number of fused-ring (bicyclic) bond motifs is 3. The highest BCUT2D eigenvalue weighted by atomic mass is 16.5. The van der Waals surface area contributed by atoms with E-state index in [4.69, 9.17) is 4.74 Å². The van der Waals surface area contributed by atoms with E-state index in [1.807, 2.05) is 44.2 Å². The van der Waals surface area contributed by atoms with Gasteiger partial charge in [-0.1, -0.05) is 26.0 Å². The normalized spacial score (nSPS) is 17.4. The number of ether oxygens (including phenoxy) is 1. The second kappa shape index (κ2) is 8.61. The van der Waals surface area contributed by atoms with Gasteiger partial charge in [-0.25, -0.2) is 9.78 Å². The lowest BCUT2D eigenvalue weighted by Gasteiger charge is -2.38. The van der Waals surface area contributed by atoms with Gasteiger partial charge >= 0.3 is 6.03 Å². The van der Waals surface area contributed by atoms with Crippen LogP contribution in [0.5, 0.6) is 5.75 Å². The number of urea groups is 1. The van der Waals surface area contributed by atoms with Crippen molar-refractivity contribution >= 4 is 29.1 Å². The molecule has 2 aliphatic heterocycles. The van der Waals surface area contributed by atoms with E-state index >= 15 is 0 Å². The van der Waals surface area contributed by atoms with Gasteiger partial charge in [0.1, 0.15) is 17.5 Å². The van der Waals surface area contributed by atoms with Gasteiger partial charge in [-0.2, -0.15) is 4.99 Å². The van der Waals surface area contributed by atoms with Gasteiger partial charge < -0.3 is 9.64 Å². The molecule has 1 atom stereocenters. The molecule has 0 N–H and O–H groups in total. The molecule has 2 aromatic rings. The van der Waals surface area contributed by atoms with Crippen LogP contribution in [-0.4, -0.2) is 53.9 Å². The van der Waals surface area contributed by atoms with Gasteiger partial charge in [0.2, 0.25) is 0 Å². The molecule has 2 aliphatic rings. The summed E-state index contributed by atoms with van der Waals surface area (Å²) < 4.78 is 5.25. The van der Waals surface area contributed by atoms with Crippen LogP contribution in [0.25, 0.3) is 0 Å². The Morgan fingerprint density at radius 2 is 1.81 bits per heavy atom. The Bertz CT molecular complexity index is 1060. The van der Waals surface area contributed by atoms with Gasteiger partial charge in [0.15, 0.2) is 5.84 Å². The van der Waals surface area contributed by atoms with Gasteiger partial charge in [-0.15, -0.1) is 0 Å². The van der Waals surface area contributed by atoms with Crippen molar-refractivity contribution in [3.05, 3.63) is 47.8 Å². The van der Waals surface area contributed by atoms with Crippen molar-refractivity contribution in [2.24, 2.45) is 10.9 Å². The van der Waals surface area contributed by atoms with Crippen molar-refractivity contribution in [3.63, 3.8) is 0 Å². The molecule has 0 bridgehead atoms. The number of carbonyl (C=O) groups is 2. The largest absolute Gasteiger partial charge is 0.497 e. The Morgan fingerprint density at radius 1 is 1.12 bits per heavy atom. The van der Waals surface area contributed by atoms with E-state index in [1.165, 1.54) is 4.90 Å². The van der Waals surface area contributed by atoms with Gasteiger partial charge in [-0.3, -0.25) is 14.6 Å². The number of nitrogens with zero attached hydrogens (tertiary/aromatic N) is 5. The van der Waals surface area contributed by atoms with Crippen LogP contribution in [0, 0.1) is 5.92 Å². The Morgan fingerprint density at radius 3 is 2.41 bits per heavy atom. The van der Waals surface area contributed by atoms with Crippen molar-refractivity contribution in [2.75, 3.05) is 30.0 Å². The fraction of sp³-hybridized carbons (Fsp3) is 0.417. The molecule has 1 aromatic carbocycles. The van der Waals surface area contributed by atoms with E-state index in [-0.39, 0.29) is 17.9 Å². The molecule has 0 fully saturated rings. The molecular formula is C24H29N5O3. The molecule has 4 rings (SSSR count). The molecule has 32 heavy (non-hydrogen) atoms. The molecule has 1 unspecified atom stereocenters. The number of hydrogen-bond donors (Lipinski definition) is 0. The number of benzene rings is 1. The molecule has 0 saturated heterocycles. The monoisotopic (exact) mass is 435 g/mol. The molecule has 0 aliphatic carbocycles. The number of aliphatic imine (C=N–C) groups is 1. The van der Waals surface area contributed by atoms with Crippen molar-refractivity contribution in [2.45, 2.75) is 40.3 Å². The summed E-state index contributed by atoms with van der Waals surface area (Å²) in [5.41, 5.74) is 3.11. The van der Waals surface area contributed by atoms with Gasteiger partial charge in [0.05, 0.1) is 31.2 Å². The number of anilines is 2. The first-order chi connectivity index (χ1) is 15.4. The maximum absolute atomic E-state index is 13.7. The smallest absolute Gasteiger partial charge is 0.331 e. The summed E-state index contributed by atoms with van der Waals surface area (Å²) in [6.07, 6.45) is 1.79. The molecule has 0 saturated carbocycles. The lowest BCUT2D eigenvalue weighted by molar-refractivity contribution is -0.120. The Balaban J connectivity index is 1.82. The first kappa shape index (κ1) is 21.8. The fourth-order valence-electron chi connectivity index (χ4n) is 4.31. The molecule has 8 nitrogen and oxygen atoms in total. The summed E-state index contributed by atoms with van der Waals surface area (Å²) in [4.78, 5) is 40.7. The second-order valence-electron chi connectivity index (χ2n) is 8.28. The molecule has 0 spiro atoms. The summed E-state index contributed by atoms with van der Waals surface area (Å²) >= 11 is 0. The summed E-state index contributed by atoms with van der Waals surface area (Å²) in [6, 6.07) is 8.72. The summed E-state index contributed by atoms with van der Waals surface area (Å²) in [5.74, 6) is 0.747. The zero-order valence-corrected chi connectivity index (χ0v) is 19.2. The Labute approximate surface area is 188 Å². The average Bonchev–Trinajstić information content (AvgIpc) is 3.15. The zero-order chi connectivity index (χ0) is 23.0. The number of pyridine rings is 1. The van der Waals surface area contributed by atoms with Crippen LogP contribution in [0.2, 0.25) is 0 Å². The molecule has 8 heteroatoms. The predicted molar refractivity (Wildman–Crippen MR) is 124 cm³/mol. The summed E-state index contributed by atoms with van der Waals surface area (Å²) in [7, 11) is 1.62. The molecule has 3 amide bonds. The highest BCUT2D eigenvalue weighted by Crippen LogP contribution is 2.37. The second-order valence-corrected chi connectivity index (χ2v) is 8.28. The highest BCUT2D eigenvalue weighted by molar-refractivity contribution is 6.25. The fourth-order valence-corrected chi connectivity index (χ4v) is 4.31. The minimum Gasteiger partial charge on any atom is -0.497 e. The topological polar surface area (TPSA) is 78.3 Å². The SMILES string of the molecule is CCN(CC)c1cnc2c(c1)N(Cc1ccc(OC)cc1)C(=O)N1C2=NC(=O)C1C(C)C. The lowest BCUT2D eigenvalue weighted by atomic mass is 10.0. The van der Waals surface area contributed by atoms with Gasteiger partial charge in [-0.05, 0) is 43.5 Å². The third-order valence-electron chi connectivity index (χ3n) is 6.03. The van der Waals surface area contributed by atoms with Gasteiger partial charge in [0, 0.05) is 13.1 Å². The summed E-state index contributed by atoms with van der Waals surface area (Å²) in [5, 5.41) is 0. The quantitative estimate of drug-likeness (QED) is 0.663. The summed E-state index contributed by atoms with van der Waals surface area (Å²) in [6.45, 7) is 10.0. The number of amides is 3. The Kier molecular flexibility index (Phi) is 5.86. The van der Waals surface area contributed by atoms with Crippen molar-refractivity contribution in [1.82, 2.24) is 9.88 Å². The lowest BCUT2D eigenvalue weighted by Crippen LogP contribution is -2.55. The van der Waals surface area contributed by atoms with Crippen LogP contribution in [-0.2, 0) is 11.3 Å². The number of methoxy groups -OCH3 is 1. The molecule has 168 valence electrons. The number of hydrogen-bond acceptors (Lipinski definition) is 5. The van der Waals surface area contributed by atoms with E-state index in [9.17, 15) is 9.59 Å². The molecule has 3 heterocycles. The maximum atomic E-state index is 13.7. The van der Waals surface area contributed by atoms with Crippen molar-refractivity contribution < 1.29 is 14.3 Å². The van der Waals surface area contributed by atoms with Crippen LogP contribution in [0.4, 0.5) is 16.2 Å². The van der Waals surface area contributed by atoms with E-state index < -0.39 is 6.04 Å². The first-order valence-electron chi connectivity index (χ1n) is 11.0. The van der Waals surface area contributed by atoms with Crippen molar-refractivity contribution in [3.8, 4) is 5.75 Å². The highest BCUT2D eigenvalue weighted by Gasteiger charge is 2.48. The zero-order valence-electron chi connectivity index (χ0n) is 19.2. The van der Waals surface area contributed by atoms with Crippen LogP contribution in [0.15, 0.2) is 41.5 Å². The standard InChI is InChI=1S/C24H29N5O3/c1-6-27(7-2)17-12-19-20(25-13-17)22-26-23(30)21(15(3)4)29(22)24(31)28(19)14-16-8-10-18(32-5)11-9-16/h8-13,15,21H,6-7,14H2,1-5H3. The maximum Gasteiger partial charge on any atom is 0.331 e. The third kappa shape index (κ3) is 3.59. The minimum atomic E-state index is -0.617. The number of rotatable bonds is 7. The molecule has 0 radical (unpaired) electrons. The minimum absolute atomic E-state index is 0.0629. The Hall–Kier alpha value is -3.42. The number of amidine groups is 1.